The minimum Gasteiger partial charge on any atom is -0.354 e. The molecule has 1 N–H and O–H groups in total. The van der Waals surface area contributed by atoms with E-state index >= 15 is 0 Å². The average Bonchev–Trinajstić information content (AvgIpc) is 3.23. The maximum Gasteiger partial charge on any atom is 0.240 e. The lowest BCUT2D eigenvalue weighted by Crippen LogP contribution is -2.43. The van der Waals surface area contributed by atoms with E-state index in [1.54, 1.807) is 11.0 Å². The second-order valence-electron chi connectivity index (χ2n) is 6.43. The third-order valence-electron chi connectivity index (χ3n) is 4.29. The number of benzene rings is 1. The van der Waals surface area contributed by atoms with Crippen molar-refractivity contribution in [2.75, 3.05) is 18.0 Å². The van der Waals surface area contributed by atoms with Crippen LogP contribution in [0, 0.1) is 5.92 Å². The number of fused-ring (bicyclic) bond motifs is 1. The van der Waals surface area contributed by atoms with Crippen molar-refractivity contribution in [3.05, 3.63) is 28.8 Å². The Hall–Kier alpha value is -1.55. The molecule has 0 atom stereocenters. The molecular weight excluding hydrogens is 288 g/mol. The highest BCUT2D eigenvalue weighted by molar-refractivity contribution is 6.31. The van der Waals surface area contributed by atoms with Gasteiger partial charge in [-0.05, 0) is 56.4 Å². The van der Waals surface area contributed by atoms with Gasteiger partial charge in [0.1, 0.15) is 6.54 Å². The van der Waals surface area contributed by atoms with Gasteiger partial charge >= 0.3 is 0 Å². The van der Waals surface area contributed by atoms with E-state index in [1.807, 2.05) is 26.0 Å². The van der Waals surface area contributed by atoms with Gasteiger partial charge in [-0.25, -0.2) is 0 Å². The highest BCUT2D eigenvalue weighted by Gasteiger charge is 2.44. The van der Waals surface area contributed by atoms with Crippen molar-refractivity contribution in [1.82, 2.24) is 5.32 Å². The first-order chi connectivity index (χ1) is 9.89. The third kappa shape index (κ3) is 2.64. The predicted molar refractivity (Wildman–Crippen MR) is 82.6 cm³/mol. The standard InChI is InChI=1S/C16H19ClN2O2/c1-16(2)12-7-11(17)5-6-13(12)19(15(16)21)9-14(20)18-8-10-3-4-10/h5-7,10H,3-4,8-9H2,1-2H3,(H,18,20). The summed E-state index contributed by atoms with van der Waals surface area (Å²) in [4.78, 5) is 26.2. The van der Waals surface area contributed by atoms with Crippen molar-refractivity contribution in [3.8, 4) is 0 Å². The molecule has 1 saturated carbocycles. The zero-order valence-electron chi connectivity index (χ0n) is 12.3. The predicted octanol–water partition coefficient (Wildman–Crippen LogP) is 2.49. The second-order valence-corrected chi connectivity index (χ2v) is 6.86. The van der Waals surface area contributed by atoms with Crippen molar-refractivity contribution in [2.24, 2.45) is 5.92 Å². The summed E-state index contributed by atoms with van der Waals surface area (Å²) in [5, 5.41) is 3.51. The molecule has 0 aromatic heterocycles. The number of hydrogen-bond acceptors (Lipinski definition) is 2. The van der Waals surface area contributed by atoms with Gasteiger partial charge < -0.3 is 10.2 Å². The van der Waals surface area contributed by atoms with Crippen molar-refractivity contribution in [1.29, 1.82) is 0 Å². The molecule has 0 spiro atoms. The Labute approximate surface area is 129 Å². The molecule has 0 saturated heterocycles. The molecule has 21 heavy (non-hydrogen) atoms. The first-order valence-corrected chi connectivity index (χ1v) is 7.66. The molecule has 1 fully saturated rings. The summed E-state index contributed by atoms with van der Waals surface area (Å²) in [5.41, 5.74) is 1.03. The lowest BCUT2D eigenvalue weighted by Gasteiger charge is -2.20. The fourth-order valence-electron chi connectivity index (χ4n) is 2.74. The van der Waals surface area contributed by atoms with Crippen molar-refractivity contribution in [3.63, 3.8) is 0 Å². The summed E-state index contributed by atoms with van der Waals surface area (Å²) in [5.74, 6) is 0.473. The zero-order chi connectivity index (χ0) is 15.2. The summed E-state index contributed by atoms with van der Waals surface area (Å²) in [6.45, 7) is 4.53. The molecule has 0 unspecified atom stereocenters. The quantitative estimate of drug-likeness (QED) is 0.929. The van der Waals surface area contributed by atoms with Crippen LogP contribution in [0.5, 0.6) is 0 Å². The van der Waals surface area contributed by atoms with Gasteiger partial charge in [0.2, 0.25) is 11.8 Å². The maximum atomic E-state index is 12.6. The van der Waals surface area contributed by atoms with Crippen LogP contribution in [0.1, 0.15) is 32.3 Å². The monoisotopic (exact) mass is 306 g/mol. The second kappa shape index (κ2) is 5.02. The SMILES string of the molecule is CC1(C)C(=O)N(CC(=O)NCC2CC2)c2ccc(Cl)cc21. The van der Waals surface area contributed by atoms with Gasteiger partial charge in [0.05, 0.1) is 5.41 Å². The smallest absolute Gasteiger partial charge is 0.240 e. The van der Waals surface area contributed by atoms with Crippen molar-refractivity contribution in [2.45, 2.75) is 32.1 Å². The number of nitrogens with one attached hydrogen (secondary N) is 1. The van der Waals surface area contributed by atoms with Crippen LogP contribution < -0.4 is 10.2 Å². The van der Waals surface area contributed by atoms with E-state index in [-0.39, 0.29) is 18.4 Å². The lowest BCUT2D eigenvalue weighted by atomic mass is 9.86. The van der Waals surface area contributed by atoms with E-state index in [0.29, 0.717) is 10.9 Å². The number of nitrogens with zero attached hydrogens (tertiary/aromatic N) is 1. The Morgan fingerprint density at radius 2 is 2.14 bits per heavy atom. The molecule has 1 aromatic carbocycles. The largest absolute Gasteiger partial charge is 0.354 e. The topological polar surface area (TPSA) is 49.4 Å². The number of amides is 2. The van der Waals surface area contributed by atoms with Crippen LogP contribution in [0.25, 0.3) is 0 Å². The molecule has 112 valence electrons. The molecule has 0 radical (unpaired) electrons. The molecule has 1 heterocycles. The highest BCUT2D eigenvalue weighted by Crippen LogP contribution is 2.42. The van der Waals surface area contributed by atoms with E-state index < -0.39 is 5.41 Å². The lowest BCUT2D eigenvalue weighted by molar-refractivity contribution is -0.125. The molecule has 1 aliphatic carbocycles. The minimum atomic E-state index is -0.642. The van der Waals surface area contributed by atoms with Gasteiger partial charge in [-0.15, -0.1) is 0 Å². The normalized spacial score (nSPS) is 19.6. The molecule has 4 nitrogen and oxygen atoms in total. The van der Waals surface area contributed by atoms with E-state index in [4.69, 9.17) is 11.6 Å². The number of halogens is 1. The number of rotatable bonds is 4. The van der Waals surface area contributed by atoms with Gasteiger partial charge in [-0.3, -0.25) is 9.59 Å². The highest BCUT2D eigenvalue weighted by atomic mass is 35.5. The molecule has 1 aliphatic heterocycles. The van der Waals surface area contributed by atoms with E-state index in [1.165, 1.54) is 12.8 Å². The Balaban J connectivity index is 1.79. The number of carbonyl (C=O) groups is 2. The third-order valence-corrected chi connectivity index (χ3v) is 4.52. The molecule has 0 bridgehead atoms. The summed E-state index contributed by atoms with van der Waals surface area (Å²) in [6, 6.07) is 5.39. The molecule has 2 amide bonds. The van der Waals surface area contributed by atoms with E-state index in [9.17, 15) is 9.59 Å². The molecule has 3 rings (SSSR count). The van der Waals surface area contributed by atoms with E-state index in [2.05, 4.69) is 5.32 Å². The Bertz CT molecular complexity index is 608. The van der Waals surface area contributed by atoms with Gasteiger partial charge in [0.25, 0.3) is 0 Å². The van der Waals surface area contributed by atoms with Crippen LogP contribution in [0.15, 0.2) is 18.2 Å². The maximum absolute atomic E-state index is 12.6. The van der Waals surface area contributed by atoms with Crippen LogP contribution in [0.4, 0.5) is 5.69 Å². The van der Waals surface area contributed by atoms with Crippen LogP contribution in [-0.2, 0) is 15.0 Å². The Morgan fingerprint density at radius 1 is 1.43 bits per heavy atom. The number of hydrogen-bond donors (Lipinski definition) is 1. The van der Waals surface area contributed by atoms with Crippen molar-refractivity contribution < 1.29 is 9.59 Å². The van der Waals surface area contributed by atoms with Crippen LogP contribution in [0.3, 0.4) is 0 Å². The zero-order valence-corrected chi connectivity index (χ0v) is 13.0. The van der Waals surface area contributed by atoms with Gasteiger partial charge in [-0.2, -0.15) is 0 Å². The van der Waals surface area contributed by atoms with Gasteiger partial charge in [0, 0.05) is 17.3 Å². The molecule has 5 heteroatoms. The van der Waals surface area contributed by atoms with Gasteiger partial charge in [-0.1, -0.05) is 11.6 Å². The average molecular weight is 307 g/mol. The molecular formula is C16H19ClN2O2. The van der Waals surface area contributed by atoms with Crippen LogP contribution >= 0.6 is 11.6 Å². The Morgan fingerprint density at radius 3 is 2.81 bits per heavy atom. The number of anilines is 1. The fraction of sp³-hybridized carbons (Fsp3) is 0.500. The first-order valence-electron chi connectivity index (χ1n) is 7.28. The van der Waals surface area contributed by atoms with Crippen molar-refractivity contribution >= 4 is 29.1 Å². The summed E-state index contributed by atoms with van der Waals surface area (Å²) in [6.07, 6.45) is 2.38. The summed E-state index contributed by atoms with van der Waals surface area (Å²) >= 11 is 6.03. The summed E-state index contributed by atoms with van der Waals surface area (Å²) < 4.78 is 0. The van der Waals surface area contributed by atoms with Crippen LogP contribution in [-0.4, -0.2) is 24.9 Å². The fourth-order valence-corrected chi connectivity index (χ4v) is 2.91. The minimum absolute atomic E-state index is 0.0543. The number of carbonyl (C=O) groups excluding carboxylic acids is 2. The Kier molecular flexibility index (Phi) is 3.44. The van der Waals surface area contributed by atoms with Crippen LogP contribution in [0.2, 0.25) is 5.02 Å². The molecule has 1 aromatic rings. The summed E-state index contributed by atoms with van der Waals surface area (Å²) in [7, 11) is 0. The van der Waals surface area contributed by atoms with E-state index in [0.717, 1.165) is 17.8 Å². The first kappa shape index (κ1) is 14.4. The molecule has 2 aliphatic rings. The van der Waals surface area contributed by atoms with Gasteiger partial charge in [0.15, 0.2) is 0 Å².